The first-order valence-corrected chi connectivity index (χ1v) is 9.58. The van der Waals surface area contributed by atoms with Gasteiger partial charge < -0.3 is 15.1 Å². The van der Waals surface area contributed by atoms with Crippen molar-refractivity contribution in [2.75, 3.05) is 45.8 Å². The smallest absolute Gasteiger partial charge is 0.269 e. The van der Waals surface area contributed by atoms with Crippen LogP contribution >= 0.6 is 11.6 Å². The summed E-state index contributed by atoms with van der Waals surface area (Å²) in [5.74, 6) is -0.117. The molecule has 1 saturated heterocycles. The number of piperazine rings is 1. The lowest BCUT2D eigenvalue weighted by Gasteiger charge is -2.33. The number of amides is 1. The summed E-state index contributed by atoms with van der Waals surface area (Å²) >= 11 is 5.90. The Balaban J connectivity index is 1.41. The molecule has 0 bridgehead atoms. The van der Waals surface area contributed by atoms with Gasteiger partial charge in [-0.1, -0.05) is 30.7 Å². The molecule has 6 nitrogen and oxygen atoms in total. The minimum absolute atomic E-state index is 0.117. The van der Waals surface area contributed by atoms with Crippen molar-refractivity contribution in [1.29, 1.82) is 0 Å². The molecule has 1 aromatic heterocycles. The fourth-order valence-corrected chi connectivity index (χ4v) is 3.26. The van der Waals surface area contributed by atoms with Crippen molar-refractivity contribution in [2.45, 2.75) is 13.3 Å². The zero-order valence-corrected chi connectivity index (χ0v) is 15.9. The Bertz CT molecular complexity index is 707. The number of nitrogens with zero attached hydrogens (tertiary/aromatic N) is 3. The lowest BCUT2D eigenvalue weighted by molar-refractivity contribution is 0.0943. The summed E-state index contributed by atoms with van der Waals surface area (Å²) in [7, 11) is 0. The molecule has 1 aliphatic rings. The molecule has 0 atom stereocenters. The van der Waals surface area contributed by atoms with Gasteiger partial charge in [-0.25, -0.2) is 0 Å². The molecular formula is C19H26ClN5O. The molecular weight excluding hydrogens is 350 g/mol. The van der Waals surface area contributed by atoms with Gasteiger partial charge in [-0.05, 0) is 37.7 Å². The van der Waals surface area contributed by atoms with E-state index < -0.39 is 0 Å². The Morgan fingerprint density at radius 2 is 1.88 bits per heavy atom. The number of aromatic nitrogens is 2. The molecule has 2 N–H and O–H groups in total. The number of H-pyrrole nitrogens is 1. The van der Waals surface area contributed by atoms with Gasteiger partial charge in [0.05, 0.1) is 5.69 Å². The van der Waals surface area contributed by atoms with Gasteiger partial charge >= 0.3 is 0 Å². The Morgan fingerprint density at radius 1 is 1.19 bits per heavy atom. The fraction of sp³-hybridized carbons (Fsp3) is 0.474. The van der Waals surface area contributed by atoms with Crippen LogP contribution in [-0.4, -0.2) is 71.7 Å². The number of carbonyl (C=O) groups excluding carboxylic acids is 1. The first-order valence-electron chi connectivity index (χ1n) is 9.20. The van der Waals surface area contributed by atoms with Gasteiger partial charge in [-0.3, -0.25) is 9.89 Å². The van der Waals surface area contributed by atoms with Gasteiger partial charge in [0, 0.05) is 43.3 Å². The average Bonchev–Trinajstić information content (AvgIpc) is 3.16. The van der Waals surface area contributed by atoms with Crippen molar-refractivity contribution in [1.82, 2.24) is 25.3 Å². The second-order valence-electron chi connectivity index (χ2n) is 6.56. The summed E-state index contributed by atoms with van der Waals surface area (Å²) in [6, 6.07) is 9.16. The molecule has 2 heterocycles. The summed E-state index contributed by atoms with van der Waals surface area (Å²) in [6.45, 7) is 9.55. The third kappa shape index (κ3) is 5.06. The van der Waals surface area contributed by atoms with Crippen LogP contribution in [0.1, 0.15) is 23.8 Å². The van der Waals surface area contributed by atoms with E-state index in [1.165, 1.54) is 0 Å². The Hall–Kier alpha value is -1.89. The van der Waals surface area contributed by atoms with Crippen LogP contribution in [0.25, 0.3) is 11.3 Å². The molecule has 1 amide bonds. The highest BCUT2D eigenvalue weighted by Crippen LogP contribution is 2.20. The summed E-state index contributed by atoms with van der Waals surface area (Å²) in [4.78, 5) is 17.2. The van der Waals surface area contributed by atoms with Crippen LogP contribution < -0.4 is 5.32 Å². The number of benzene rings is 1. The molecule has 7 heteroatoms. The standard InChI is InChI=1S/C19H26ClN5O/c1-2-24-10-12-25(13-11-24)9-3-8-21-19(26)18-14-17(22-23-18)15-4-6-16(20)7-5-15/h4-7,14H,2-3,8-13H2,1H3,(H,21,26)(H,22,23). The number of aromatic amines is 1. The molecule has 0 unspecified atom stereocenters. The Morgan fingerprint density at radius 3 is 2.58 bits per heavy atom. The first-order chi connectivity index (χ1) is 12.7. The maximum absolute atomic E-state index is 12.3. The van der Waals surface area contributed by atoms with E-state index in [1.807, 2.05) is 24.3 Å². The largest absolute Gasteiger partial charge is 0.351 e. The van der Waals surface area contributed by atoms with Gasteiger partial charge in [0.1, 0.15) is 5.69 Å². The van der Waals surface area contributed by atoms with E-state index in [-0.39, 0.29) is 5.91 Å². The lowest BCUT2D eigenvalue weighted by atomic mass is 10.1. The second-order valence-corrected chi connectivity index (χ2v) is 7.00. The van der Waals surface area contributed by atoms with Crippen molar-refractivity contribution >= 4 is 17.5 Å². The highest BCUT2D eigenvalue weighted by atomic mass is 35.5. The second kappa shape index (κ2) is 9.16. The van der Waals surface area contributed by atoms with E-state index in [0.717, 1.165) is 56.9 Å². The summed E-state index contributed by atoms with van der Waals surface area (Å²) in [5, 5.41) is 10.7. The number of nitrogens with one attached hydrogen (secondary N) is 2. The summed E-state index contributed by atoms with van der Waals surface area (Å²) in [6.07, 6.45) is 0.954. The van der Waals surface area contributed by atoms with Crippen molar-refractivity contribution < 1.29 is 4.79 Å². The van der Waals surface area contributed by atoms with Gasteiger partial charge in [0.2, 0.25) is 0 Å². The van der Waals surface area contributed by atoms with Crippen molar-refractivity contribution in [2.24, 2.45) is 0 Å². The predicted octanol–water partition coefficient (Wildman–Crippen LogP) is 2.49. The van der Waals surface area contributed by atoms with E-state index in [9.17, 15) is 4.79 Å². The van der Waals surface area contributed by atoms with Crippen LogP contribution in [-0.2, 0) is 0 Å². The highest BCUT2D eigenvalue weighted by Gasteiger charge is 2.15. The number of rotatable bonds is 7. The number of likely N-dealkylation sites (N-methyl/N-ethyl adjacent to an activating group) is 1. The quantitative estimate of drug-likeness (QED) is 0.730. The zero-order chi connectivity index (χ0) is 18.4. The molecule has 1 fully saturated rings. The molecule has 1 aromatic carbocycles. The van der Waals surface area contributed by atoms with Crippen LogP contribution in [0.4, 0.5) is 0 Å². The minimum atomic E-state index is -0.117. The lowest BCUT2D eigenvalue weighted by Crippen LogP contribution is -2.46. The van der Waals surface area contributed by atoms with Crippen LogP contribution in [0, 0.1) is 0 Å². The minimum Gasteiger partial charge on any atom is -0.351 e. The van der Waals surface area contributed by atoms with E-state index in [1.54, 1.807) is 6.07 Å². The van der Waals surface area contributed by atoms with Crippen molar-refractivity contribution in [3.63, 3.8) is 0 Å². The molecule has 2 aromatic rings. The topological polar surface area (TPSA) is 64.3 Å². The van der Waals surface area contributed by atoms with E-state index >= 15 is 0 Å². The molecule has 26 heavy (non-hydrogen) atoms. The predicted molar refractivity (Wildman–Crippen MR) is 105 cm³/mol. The third-order valence-corrected chi connectivity index (χ3v) is 5.06. The number of halogens is 1. The van der Waals surface area contributed by atoms with E-state index in [2.05, 4.69) is 32.2 Å². The van der Waals surface area contributed by atoms with E-state index in [4.69, 9.17) is 11.6 Å². The summed E-state index contributed by atoms with van der Waals surface area (Å²) < 4.78 is 0. The van der Waals surface area contributed by atoms with Crippen molar-refractivity contribution in [3.8, 4) is 11.3 Å². The number of hydrogen-bond acceptors (Lipinski definition) is 4. The third-order valence-electron chi connectivity index (χ3n) is 4.81. The number of carbonyl (C=O) groups is 1. The Kier molecular flexibility index (Phi) is 6.66. The van der Waals surface area contributed by atoms with Crippen molar-refractivity contribution in [3.05, 3.63) is 41.0 Å². The van der Waals surface area contributed by atoms with Gasteiger partial charge in [-0.15, -0.1) is 0 Å². The molecule has 0 radical (unpaired) electrons. The van der Waals surface area contributed by atoms with E-state index in [0.29, 0.717) is 17.3 Å². The van der Waals surface area contributed by atoms with Crippen LogP contribution in [0.5, 0.6) is 0 Å². The van der Waals surface area contributed by atoms with Gasteiger partial charge in [0.25, 0.3) is 5.91 Å². The molecule has 0 aliphatic carbocycles. The first kappa shape index (κ1) is 18.9. The highest BCUT2D eigenvalue weighted by molar-refractivity contribution is 6.30. The van der Waals surface area contributed by atoms with Gasteiger partial charge in [-0.2, -0.15) is 5.10 Å². The van der Waals surface area contributed by atoms with Crippen LogP contribution in [0.3, 0.4) is 0 Å². The van der Waals surface area contributed by atoms with Crippen LogP contribution in [0.15, 0.2) is 30.3 Å². The van der Waals surface area contributed by atoms with Crippen LogP contribution in [0.2, 0.25) is 5.02 Å². The average molecular weight is 376 g/mol. The van der Waals surface area contributed by atoms with Gasteiger partial charge in [0.15, 0.2) is 0 Å². The SMILES string of the molecule is CCN1CCN(CCCNC(=O)c2cc(-c3ccc(Cl)cc3)n[nH]2)CC1. The maximum Gasteiger partial charge on any atom is 0.269 e. The summed E-state index contributed by atoms with van der Waals surface area (Å²) in [5.41, 5.74) is 2.14. The molecule has 0 spiro atoms. The Labute approximate surface area is 159 Å². The number of hydrogen-bond donors (Lipinski definition) is 2. The maximum atomic E-state index is 12.3. The fourth-order valence-electron chi connectivity index (χ4n) is 3.14. The monoisotopic (exact) mass is 375 g/mol. The molecule has 3 rings (SSSR count). The molecule has 0 saturated carbocycles. The normalized spacial score (nSPS) is 15.9. The molecule has 140 valence electrons. The molecule has 1 aliphatic heterocycles. The zero-order valence-electron chi connectivity index (χ0n) is 15.2.